The number of aliphatic hydroxyl groups is 1. The van der Waals surface area contributed by atoms with Gasteiger partial charge in [0, 0.05) is 43.8 Å². The van der Waals surface area contributed by atoms with Gasteiger partial charge in [0.1, 0.15) is 11.6 Å². The van der Waals surface area contributed by atoms with Gasteiger partial charge in [-0.15, -0.1) is 0 Å². The summed E-state index contributed by atoms with van der Waals surface area (Å²) >= 11 is 5.65. The van der Waals surface area contributed by atoms with Gasteiger partial charge in [0.2, 0.25) is 5.91 Å². The van der Waals surface area contributed by atoms with E-state index in [0.29, 0.717) is 38.6 Å². The topological polar surface area (TPSA) is 112 Å². The van der Waals surface area contributed by atoms with Crippen molar-refractivity contribution >= 4 is 23.4 Å². The number of ether oxygens (including phenoxy) is 1. The molecule has 2 bridgehead atoms. The fourth-order valence-corrected chi connectivity index (χ4v) is 5.25. The second-order valence-corrected chi connectivity index (χ2v) is 9.54. The highest BCUT2D eigenvalue weighted by atomic mass is 35.5. The number of aliphatic hydroxyl groups excluding tert-OH is 1. The Bertz CT molecular complexity index is 856. The molecule has 0 spiro atoms. The van der Waals surface area contributed by atoms with Gasteiger partial charge in [-0.05, 0) is 44.2 Å². The summed E-state index contributed by atoms with van der Waals surface area (Å²) in [5.41, 5.74) is -1.35. The van der Waals surface area contributed by atoms with Gasteiger partial charge in [-0.2, -0.15) is 0 Å². The van der Waals surface area contributed by atoms with Crippen LogP contribution < -0.4 is 26.0 Å². The second kappa shape index (κ2) is 9.51. The van der Waals surface area contributed by atoms with Crippen LogP contribution in [0.1, 0.15) is 32.1 Å². The lowest BCUT2D eigenvalue weighted by atomic mass is 9.55. The van der Waals surface area contributed by atoms with Gasteiger partial charge in [0.15, 0.2) is 6.61 Å². The number of rotatable bonds is 7. The Morgan fingerprint density at radius 1 is 1.25 bits per heavy atom. The number of hydrogen-bond donors (Lipinski definition) is 5. The van der Waals surface area contributed by atoms with E-state index in [1.165, 1.54) is 12.1 Å². The van der Waals surface area contributed by atoms with Crippen molar-refractivity contribution < 1.29 is 23.8 Å². The molecule has 3 saturated carbocycles. The summed E-state index contributed by atoms with van der Waals surface area (Å²) in [5, 5.41) is 23.5. The number of nitrogens with one attached hydrogen (secondary N) is 4. The summed E-state index contributed by atoms with van der Waals surface area (Å²) in [6, 6.07) is 4.17. The molecule has 5 rings (SSSR count). The molecule has 1 aromatic carbocycles. The van der Waals surface area contributed by atoms with Crippen LogP contribution in [0.4, 0.5) is 4.39 Å². The summed E-state index contributed by atoms with van der Waals surface area (Å²) in [7, 11) is 0. The van der Waals surface area contributed by atoms with Crippen LogP contribution in [0.25, 0.3) is 0 Å². The lowest BCUT2D eigenvalue weighted by molar-refractivity contribution is -0.156. The molecule has 4 aliphatic rings. The predicted molar refractivity (Wildman–Crippen MR) is 117 cm³/mol. The molecule has 2 amide bonds. The van der Waals surface area contributed by atoms with Gasteiger partial charge < -0.3 is 31.1 Å². The first-order valence-electron chi connectivity index (χ1n) is 11.1. The maximum atomic E-state index is 13.5. The van der Waals surface area contributed by atoms with Gasteiger partial charge in [0.25, 0.3) is 5.91 Å². The fraction of sp³-hybridized carbons (Fsp3) is 0.636. The molecule has 5 N–H and O–H groups in total. The molecule has 0 radical (unpaired) electrons. The first-order chi connectivity index (χ1) is 15.3. The van der Waals surface area contributed by atoms with Gasteiger partial charge in [-0.25, -0.2) is 4.39 Å². The summed E-state index contributed by atoms with van der Waals surface area (Å²) in [4.78, 5) is 25.5. The van der Waals surface area contributed by atoms with Gasteiger partial charge in [-0.3, -0.25) is 9.59 Å². The van der Waals surface area contributed by atoms with Crippen molar-refractivity contribution in [2.24, 2.45) is 5.41 Å². The third-order valence-corrected chi connectivity index (χ3v) is 7.38. The smallest absolute Gasteiger partial charge is 0.258 e. The van der Waals surface area contributed by atoms with Gasteiger partial charge >= 0.3 is 0 Å². The summed E-state index contributed by atoms with van der Waals surface area (Å²) in [6.07, 6.45) is 1.75. The molecule has 1 heterocycles. The third kappa shape index (κ3) is 4.85. The maximum Gasteiger partial charge on any atom is 0.258 e. The molecule has 0 aromatic heterocycles. The highest BCUT2D eigenvalue weighted by Crippen LogP contribution is 2.52. The summed E-state index contributed by atoms with van der Waals surface area (Å²) in [6.45, 7) is 2.84. The average molecular weight is 469 g/mol. The average Bonchev–Trinajstić information content (AvgIpc) is 2.79. The number of carbonyl (C=O) groups excluding carboxylic acids is 2. The van der Waals surface area contributed by atoms with E-state index in [9.17, 15) is 19.1 Å². The minimum Gasteiger partial charge on any atom is -0.484 e. The molecule has 1 aliphatic heterocycles. The highest BCUT2D eigenvalue weighted by molar-refractivity contribution is 6.30. The zero-order valence-corrected chi connectivity index (χ0v) is 18.6. The van der Waals surface area contributed by atoms with Crippen LogP contribution in [-0.2, 0) is 9.59 Å². The summed E-state index contributed by atoms with van der Waals surface area (Å²) in [5.74, 6) is -0.853. The quantitative estimate of drug-likeness (QED) is 0.403. The van der Waals surface area contributed by atoms with E-state index in [-0.39, 0.29) is 35.2 Å². The molecular weight excluding hydrogens is 439 g/mol. The van der Waals surface area contributed by atoms with Crippen molar-refractivity contribution in [3.05, 3.63) is 29.0 Å². The van der Waals surface area contributed by atoms with Crippen molar-refractivity contribution in [3.63, 3.8) is 0 Å². The molecule has 32 heavy (non-hydrogen) atoms. The van der Waals surface area contributed by atoms with Crippen LogP contribution in [0.5, 0.6) is 5.75 Å². The Hall–Kier alpha value is -1.94. The standard InChI is InChI=1S/C22H30ClFN4O4/c23-16-2-1-15(9-17(16)24)32-13-19(30)28-21-3-5-22(6-4-21,18(29)10-21)20(31)27-12-14-11-25-7-8-26-14/h1-2,9,14,18,25-26,29H,3-8,10-13H2,(H,27,31)(H,28,30). The number of carbonyl (C=O) groups is 2. The number of benzene rings is 1. The molecule has 3 aliphatic carbocycles. The lowest BCUT2D eigenvalue weighted by Gasteiger charge is -2.55. The Labute approximate surface area is 191 Å². The minimum absolute atomic E-state index is 0.0155. The highest BCUT2D eigenvalue weighted by Gasteiger charge is 2.58. The Balaban J connectivity index is 1.29. The van der Waals surface area contributed by atoms with E-state index in [2.05, 4.69) is 21.3 Å². The van der Waals surface area contributed by atoms with Crippen LogP contribution in [0.3, 0.4) is 0 Å². The van der Waals surface area contributed by atoms with E-state index in [1.807, 2.05) is 0 Å². The van der Waals surface area contributed by atoms with Crippen molar-refractivity contribution in [3.8, 4) is 5.75 Å². The third-order valence-electron chi connectivity index (χ3n) is 7.07. The zero-order chi connectivity index (χ0) is 22.8. The lowest BCUT2D eigenvalue weighted by Crippen LogP contribution is -2.66. The van der Waals surface area contributed by atoms with E-state index in [0.717, 1.165) is 25.7 Å². The summed E-state index contributed by atoms with van der Waals surface area (Å²) < 4.78 is 18.9. The number of hydrogen-bond acceptors (Lipinski definition) is 6. The molecule has 2 atom stereocenters. The monoisotopic (exact) mass is 468 g/mol. The number of fused-ring (bicyclic) bond motifs is 3. The van der Waals surface area contributed by atoms with Crippen LogP contribution in [0, 0.1) is 11.2 Å². The van der Waals surface area contributed by atoms with Gasteiger partial charge in [-0.1, -0.05) is 11.6 Å². The second-order valence-electron chi connectivity index (χ2n) is 9.13. The molecule has 8 nitrogen and oxygen atoms in total. The van der Waals surface area contributed by atoms with Crippen molar-refractivity contribution in [2.45, 2.75) is 49.8 Å². The fourth-order valence-electron chi connectivity index (χ4n) is 5.13. The van der Waals surface area contributed by atoms with E-state index >= 15 is 0 Å². The number of piperazine rings is 1. The maximum absolute atomic E-state index is 13.5. The van der Waals surface area contributed by atoms with Crippen molar-refractivity contribution in [2.75, 3.05) is 32.8 Å². The van der Waals surface area contributed by atoms with Crippen molar-refractivity contribution in [1.29, 1.82) is 0 Å². The first kappa shape index (κ1) is 23.2. The first-order valence-corrected chi connectivity index (χ1v) is 11.5. The Morgan fingerprint density at radius 2 is 2.03 bits per heavy atom. The van der Waals surface area contributed by atoms with E-state index in [4.69, 9.17) is 16.3 Å². The van der Waals surface area contributed by atoms with E-state index in [1.54, 1.807) is 0 Å². The normalized spacial score (nSPS) is 31.7. The predicted octanol–water partition coefficient (Wildman–Crippen LogP) is 0.716. The van der Waals surface area contributed by atoms with Gasteiger partial charge in [0.05, 0.1) is 16.5 Å². The molecular formula is C22H30ClFN4O4. The molecule has 10 heteroatoms. The minimum atomic E-state index is -0.825. The Kier molecular flexibility index (Phi) is 6.90. The van der Waals surface area contributed by atoms with Crippen LogP contribution >= 0.6 is 11.6 Å². The molecule has 2 unspecified atom stereocenters. The SMILES string of the molecule is O=C(COc1ccc(Cl)c(F)c1)NC12CCC(C(=O)NCC3CNCCN3)(CC1)C(O)C2. The van der Waals surface area contributed by atoms with Crippen molar-refractivity contribution in [1.82, 2.24) is 21.3 Å². The zero-order valence-electron chi connectivity index (χ0n) is 17.9. The molecule has 176 valence electrons. The molecule has 1 aromatic rings. The molecule has 4 fully saturated rings. The largest absolute Gasteiger partial charge is 0.484 e. The molecule has 1 saturated heterocycles. The van der Waals surface area contributed by atoms with Crippen LogP contribution in [0.15, 0.2) is 18.2 Å². The van der Waals surface area contributed by atoms with Crippen LogP contribution in [-0.4, -0.2) is 67.4 Å². The Morgan fingerprint density at radius 3 is 2.69 bits per heavy atom. The number of halogens is 2. The number of amides is 2. The van der Waals surface area contributed by atoms with Crippen LogP contribution in [0.2, 0.25) is 5.02 Å². The van der Waals surface area contributed by atoms with E-state index < -0.39 is 22.9 Å².